The number of hydrogen-bond donors (Lipinski definition) is 2. The largest absolute Gasteiger partial charge is 0.490 e. The van der Waals surface area contributed by atoms with Gasteiger partial charge in [-0.1, -0.05) is 30.3 Å². The fourth-order valence-electron chi connectivity index (χ4n) is 6.17. The molecule has 0 bridgehead atoms. The second kappa shape index (κ2) is 19.2. The smallest absolute Gasteiger partial charge is 0.410 e. The molecule has 1 saturated heterocycles. The predicted molar refractivity (Wildman–Crippen MR) is 186 cm³/mol. The molecule has 12 nitrogen and oxygen atoms in total. The molecule has 1 amide bonds. The minimum atomic E-state index is -0.684. The lowest BCUT2D eigenvalue weighted by Crippen LogP contribution is -2.56. The minimum absolute atomic E-state index is 0.0159. The van der Waals surface area contributed by atoms with Crippen LogP contribution >= 0.6 is 0 Å². The van der Waals surface area contributed by atoms with Crippen molar-refractivity contribution in [2.45, 2.75) is 70.5 Å². The molecule has 3 atom stereocenters. The molecule has 2 aliphatic rings. The average Bonchev–Trinajstić information content (AvgIpc) is 3.09. The summed E-state index contributed by atoms with van der Waals surface area (Å²) in [6.07, 6.45) is 0.736. The Kier molecular flexibility index (Phi) is 15.1. The fourth-order valence-corrected chi connectivity index (χ4v) is 6.17. The Bertz CT molecular complexity index is 1320. The van der Waals surface area contributed by atoms with Crippen molar-refractivity contribution >= 4 is 17.6 Å². The van der Waals surface area contributed by atoms with Crippen LogP contribution in [0, 0.1) is 0 Å². The lowest BCUT2D eigenvalue weighted by molar-refractivity contribution is -0.120. The summed E-state index contributed by atoms with van der Waals surface area (Å²) in [7, 11) is 3.37. The summed E-state index contributed by atoms with van der Waals surface area (Å²) >= 11 is 0. The lowest BCUT2D eigenvalue weighted by atomic mass is 9.82. The van der Waals surface area contributed by atoms with E-state index in [1.165, 1.54) is 0 Å². The number of likely N-dealkylation sites (tertiary alicyclic amines) is 1. The highest BCUT2D eigenvalue weighted by molar-refractivity contribution is 5.81. The van der Waals surface area contributed by atoms with Crippen molar-refractivity contribution in [2.24, 2.45) is 0 Å². The number of methoxy groups -OCH3 is 2. The number of nitrogens with zero attached hydrogens (tertiary/aromatic N) is 2. The molecule has 2 heterocycles. The maximum atomic E-state index is 13.6. The van der Waals surface area contributed by atoms with E-state index in [1.807, 2.05) is 32.9 Å². The van der Waals surface area contributed by atoms with Crippen LogP contribution in [0.3, 0.4) is 0 Å². The molecular weight excluding hydrogens is 630 g/mol. The highest BCUT2D eigenvalue weighted by Crippen LogP contribution is 2.37. The molecule has 49 heavy (non-hydrogen) atoms. The van der Waals surface area contributed by atoms with Crippen LogP contribution in [0.1, 0.15) is 56.2 Å². The number of aliphatic hydroxyl groups excluding tert-OH is 1. The summed E-state index contributed by atoms with van der Waals surface area (Å²) in [6.45, 7) is 10.6. The van der Waals surface area contributed by atoms with Crippen LogP contribution in [0.2, 0.25) is 0 Å². The maximum Gasteiger partial charge on any atom is 0.410 e. The number of Topliss-reactive ketones (excluding diaryl/α,β-unsaturated/α-hetero) is 1. The zero-order chi connectivity index (χ0) is 35.2. The van der Waals surface area contributed by atoms with Crippen molar-refractivity contribution < 1.29 is 43.1 Å². The Hall–Kier alpha value is -3.26. The molecule has 0 spiro atoms. The van der Waals surface area contributed by atoms with Crippen molar-refractivity contribution in [2.75, 3.05) is 84.9 Å². The molecular formula is C37H55N3O9. The summed E-state index contributed by atoms with van der Waals surface area (Å²) < 4.78 is 34.6. The van der Waals surface area contributed by atoms with Crippen LogP contribution in [0.25, 0.3) is 0 Å². The van der Waals surface area contributed by atoms with E-state index in [4.69, 9.17) is 28.4 Å². The minimum Gasteiger partial charge on any atom is -0.490 e. The van der Waals surface area contributed by atoms with E-state index in [1.54, 1.807) is 19.1 Å². The number of fused-ring (bicyclic) bond motifs is 1. The van der Waals surface area contributed by atoms with Gasteiger partial charge in [-0.2, -0.15) is 0 Å². The number of carbonyl (C=O) groups is 2. The lowest BCUT2D eigenvalue weighted by Gasteiger charge is -2.44. The van der Waals surface area contributed by atoms with E-state index < -0.39 is 18.3 Å². The van der Waals surface area contributed by atoms with E-state index >= 15 is 0 Å². The molecule has 0 saturated carbocycles. The number of rotatable bonds is 18. The maximum absolute atomic E-state index is 13.6. The van der Waals surface area contributed by atoms with Crippen molar-refractivity contribution in [1.29, 1.82) is 0 Å². The second-order valence-corrected chi connectivity index (χ2v) is 13.6. The first-order valence-corrected chi connectivity index (χ1v) is 17.2. The number of amides is 1. The summed E-state index contributed by atoms with van der Waals surface area (Å²) in [5, 5.41) is 12.4. The molecule has 0 aromatic heterocycles. The molecule has 272 valence electrons. The molecule has 4 rings (SSSR count). The number of ether oxygens (including phenoxy) is 6. The average molecular weight is 686 g/mol. The summed E-state index contributed by atoms with van der Waals surface area (Å²) in [6, 6.07) is 14.2. The molecule has 2 N–H and O–H groups in total. The highest BCUT2D eigenvalue weighted by atomic mass is 16.6. The first-order valence-electron chi connectivity index (χ1n) is 17.2. The third kappa shape index (κ3) is 11.9. The highest BCUT2D eigenvalue weighted by Gasteiger charge is 2.41. The van der Waals surface area contributed by atoms with E-state index in [0.717, 1.165) is 47.6 Å². The number of nitrogens with one attached hydrogen (secondary N) is 1. The van der Waals surface area contributed by atoms with Crippen molar-refractivity contribution in [3.8, 4) is 5.75 Å². The Balaban J connectivity index is 1.57. The van der Waals surface area contributed by atoms with Gasteiger partial charge in [-0.25, -0.2) is 4.79 Å². The van der Waals surface area contributed by atoms with Gasteiger partial charge < -0.3 is 48.6 Å². The van der Waals surface area contributed by atoms with Crippen LogP contribution in [0.15, 0.2) is 42.5 Å². The molecule has 12 heteroatoms. The summed E-state index contributed by atoms with van der Waals surface area (Å²) in [4.78, 5) is 29.5. The zero-order valence-corrected chi connectivity index (χ0v) is 29.8. The van der Waals surface area contributed by atoms with Gasteiger partial charge in [-0.15, -0.1) is 0 Å². The van der Waals surface area contributed by atoms with Gasteiger partial charge >= 0.3 is 6.09 Å². The van der Waals surface area contributed by atoms with Gasteiger partial charge in [0.25, 0.3) is 0 Å². The normalized spacial score (nSPS) is 19.3. The molecule has 2 aromatic rings. The van der Waals surface area contributed by atoms with Crippen molar-refractivity contribution in [1.82, 2.24) is 10.2 Å². The molecule has 1 fully saturated rings. The molecule has 0 unspecified atom stereocenters. The Morgan fingerprint density at radius 3 is 2.47 bits per heavy atom. The standard InChI is InChI=1S/C37H55N3O9/c1-37(2,3)49-36(43)40-23-35(48-26-28-9-12-34-33(19-28)39(14-16-47-34)13-6-15-44-4)32(20-30(40)21-38-22-31(42)24-41)29-10-7-27(8-11-29)25-46-18-17-45-5/h7-12,19,30,32,35,38,41H,6,13-18,20-26H2,1-5H3/t30-,32-,35+/m1/s1. The molecule has 2 aliphatic heterocycles. The van der Waals surface area contributed by atoms with Crippen LogP contribution in [-0.4, -0.2) is 120 Å². The summed E-state index contributed by atoms with van der Waals surface area (Å²) in [5.74, 6) is 0.503. The van der Waals surface area contributed by atoms with Crippen LogP contribution < -0.4 is 15.0 Å². The number of aliphatic hydroxyl groups is 1. The van der Waals surface area contributed by atoms with E-state index in [2.05, 4.69) is 40.5 Å². The fraction of sp³-hybridized carbons (Fsp3) is 0.622. The van der Waals surface area contributed by atoms with E-state index in [-0.39, 0.29) is 30.4 Å². The number of carbonyl (C=O) groups excluding carboxylic acids is 2. The van der Waals surface area contributed by atoms with Crippen LogP contribution in [0.4, 0.5) is 10.5 Å². The van der Waals surface area contributed by atoms with E-state index in [9.17, 15) is 14.7 Å². The number of anilines is 1. The first kappa shape index (κ1) is 38.5. The van der Waals surface area contributed by atoms with Crippen molar-refractivity contribution in [3.05, 3.63) is 59.2 Å². The quantitative estimate of drug-likeness (QED) is 0.222. The van der Waals surface area contributed by atoms with Gasteiger partial charge in [0.1, 0.15) is 24.6 Å². The number of piperidine rings is 1. The van der Waals surface area contributed by atoms with Gasteiger partial charge in [0.2, 0.25) is 0 Å². The monoisotopic (exact) mass is 685 g/mol. The number of benzene rings is 2. The van der Waals surface area contributed by atoms with Crippen molar-refractivity contribution in [3.63, 3.8) is 0 Å². The van der Waals surface area contributed by atoms with Gasteiger partial charge in [0.15, 0.2) is 5.78 Å². The number of hydrogen-bond acceptors (Lipinski definition) is 11. The van der Waals surface area contributed by atoms with Crippen LogP contribution in [0.5, 0.6) is 5.75 Å². The first-order chi connectivity index (χ1) is 23.6. The molecule has 2 aromatic carbocycles. The Morgan fingerprint density at radius 2 is 1.76 bits per heavy atom. The van der Waals surface area contributed by atoms with Gasteiger partial charge in [0.05, 0.1) is 57.9 Å². The van der Waals surface area contributed by atoms with E-state index in [0.29, 0.717) is 59.2 Å². The molecule has 0 aliphatic carbocycles. The third-order valence-corrected chi connectivity index (χ3v) is 8.63. The van der Waals surface area contributed by atoms with Gasteiger partial charge in [-0.05, 0) is 62.4 Å². The van der Waals surface area contributed by atoms with Crippen LogP contribution in [-0.2, 0) is 41.7 Å². The number of ketones is 1. The SMILES string of the molecule is COCCCN1CCOc2ccc(CO[C@H]3CN(C(=O)OC(C)(C)C)[C@@H](CNCC(=O)CO)C[C@@H]3c3ccc(COCCOC)cc3)cc21. The topological polar surface area (TPSA) is 128 Å². The third-order valence-electron chi connectivity index (χ3n) is 8.63. The summed E-state index contributed by atoms with van der Waals surface area (Å²) in [5.41, 5.74) is 3.52. The van der Waals surface area contributed by atoms with Gasteiger partial charge in [-0.3, -0.25) is 4.79 Å². The predicted octanol–water partition coefficient (Wildman–Crippen LogP) is 3.91. The zero-order valence-electron chi connectivity index (χ0n) is 29.8. The second-order valence-electron chi connectivity index (χ2n) is 13.6. The Morgan fingerprint density at radius 1 is 1.00 bits per heavy atom. The Labute approximate surface area is 290 Å². The molecule has 0 radical (unpaired) electrons. The van der Waals surface area contributed by atoms with Gasteiger partial charge in [0, 0.05) is 45.9 Å².